The van der Waals surface area contributed by atoms with Gasteiger partial charge < -0.3 is 10.2 Å². The summed E-state index contributed by atoms with van der Waals surface area (Å²) in [5.74, 6) is -2.02. The van der Waals surface area contributed by atoms with Gasteiger partial charge >= 0.3 is 0 Å². The zero-order valence-electron chi connectivity index (χ0n) is 9.83. The molecule has 0 aromatic heterocycles. The highest BCUT2D eigenvalue weighted by Crippen LogP contribution is 2.28. The van der Waals surface area contributed by atoms with E-state index in [1.54, 1.807) is 0 Å². The number of hydrogen-bond acceptors (Lipinski definition) is 2. The summed E-state index contributed by atoms with van der Waals surface area (Å²) >= 11 is 0. The molecular formula is C13H14F2N2O. The van der Waals surface area contributed by atoms with Crippen molar-refractivity contribution in [2.75, 3.05) is 11.4 Å². The topological polar surface area (TPSA) is 32.3 Å². The van der Waals surface area contributed by atoms with Gasteiger partial charge in [0.25, 0.3) is 0 Å². The molecule has 1 unspecified atom stereocenters. The highest BCUT2D eigenvalue weighted by molar-refractivity contribution is 5.99. The summed E-state index contributed by atoms with van der Waals surface area (Å²) in [6, 6.07) is 4.09. The molecular weight excluding hydrogens is 238 g/mol. The predicted octanol–water partition coefficient (Wildman–Crippen LogP) is 1.82. The van der Waals surface area contributed by atoms with Crippen molar-refractivity contribution >= 4 is 11.6 Å². The third kappa shape index (κ3) is 1.99. The number of nitrogens with zero attached hydrogens (tertiary/aromatic N) is 1. The minimum absolute atomic E-state index is 0.0418. The van der Waals surface area contributed by atoms with Crippen LogP contribution in [0.4, 0.5) is 14.5 Å². The molecule has 1 aliphatic heterocycles. The third-order valence-corrected chi connectivity index (χ3v) is 3.44. The zero-order valence-corrected chi connectivity index (χ0v) is 9.83. The lowest BCUT2D eigenvalue weighted by Crippen LogP contribution is -2.39. The van der Waals surface area contributed by atoms with Gasteiger partial charge in [-0.3, -0.25) is 4.79 Å². The van der Waals surface area contributed by atoms with Gasteiger partial charge in [-0.15, -0.1) is 0 Å². The van der Waals surface area contributed by atoms with Crippen molar-refractivity contribution in [2.24, 2.45) is 0 Å². The monoisotopic (exact) mass is 252 g/mol. The molecule has 1 atom stereocenters. The van der Waals surface area contributed by atoms with E-state index in [-0.39, 0.29) is 17.6 Å². The van der Waals surface area contributed by atoms with Crippen LogP contribution in [0.15, 0.2) is 18.2 Å². The zero-order chi connectivity index (χ0) is 12.7. The Hall–Kier alpha value is -1.49. The highest BCUT2D eigenvalue weighted by Gasteiger charge is 2.37. The number of carbonyl (C=O) groups is 1. The Morgan fingerprint density at radius 2 is 2.00 bits per heavy atom. The van der Waals surface area contributed by atoms with Gasteiger partial charge in [-0.2, -0.15) is 0 Å². The van der Waals surface area contributed by atoms with Crippen LogP contribution in [0.3, 0.4) is 0 Å². The molecule has 0 bridgehead atoms. The van der Waals surface area contributed by atoms with Crippen LogP contribution in [-0.4, -0.2) is 24.5 Å². The maximum Gasteiger partial charge on any atom is 0.244 e. The third-order valence-electron chi connectivity index (χ3n) is 3.44. The molecule has 1 aromatic carbocycles. The van der Waals surface area contributed by atoms with Gasteiger partial charge in [0.2, 0.25) is 5.91 Å². The summed E-state index contributed by atoms with van der Waals surface area (Å²) in [5, 5.41) is 3.23. The lowest BCUT2D eigenvalue weighted by atomic mass is 10.2. The molecule has 1 aliphatic carbocycles. The number of carbonyl (C=O) groups excluding carboxylic acids is 1. The number of hydrogen-bond donors (Lipinski definition) is 1. The molecule has 0 radical (unpaired) electrons. The van der Waals surface area contributed by atoms with E-state index in [2.05, 4.69) is 5.32 Å². The lowest BCUT2D eigenvalue weighted by Gasteiger charge is -2.18. The Morgan fingerprint density at radius 1 is 1.22 bits per heavy atom. The van der Waals surface area contributed by atoms with Crippen molar-refractivity contribution in [2.45, 2.75) is 31.3 Å². The Morgan fingerprint density at radius 3 is 2.72 bits per heavy atom. The van der Waals surface area contributed by atoms with Gasteiger partial charge in [-0.25, -0.2) is 8.78 Å². The van der Waals surface area contributed by atoms with E-state index >= 15 is 0 Å². The maximum atomic E-state index is 13.6. The van der Waals surface area contributed by atoms with Crippen LogP contribution in [-0.2, 0) is 4.79 Å². The molecule has 1 N–H and O–H groups in total. The molecule has 96 valence electrons. The van der Waals surface area contributed by atoms with E-state index in [4.69, 9.17) is 0 Å². The predicted molar refractivity (Wildman–Crippen MR) is 63.3 cm³/mol. The second kappa shape index (κ2) is 4.31. The van der Waals surface area contributed by atoms with Crippen LogP contribution in [0.5, 0.6) is 0 Å². The SMILES string of the molecule is O=C1C(NC2CC2)CCN1c1cccc(F)c1F. The van der Waals surface area contributed by atoms with E-state index < -0.39 is 11.6 Å². The number of rotatable bonds is 3. The summed E-state index contributed by atoms with van der Waals surface area (Å²) in [5.41, 5.74) is 0.0418. The second-order valence-electron chi connectivity index (χ2n) is 4.85. The second-order valence-corrected chi connectivity index (χ2v) is 4.85. The maximum absolute atomic E-state index is 13.6. The molecule has 1 aromatic rings. The average molecular weight is 252 g/mol. The highest BCUT2D eigenvalue weighted by atomic mass is 19.2. The minimum Gasteiger partial charge on any atom is -0.308 e. The van der Waals surface area contributed by atoms with Crippen molar-refractivity contribution in [1.82, 2.24) is 5.32 Å². The summed E-state index contributed by atoms with van der Waals surface area (Å²) in [6.45, 7) is 0.434. The summed E-state index contributed by atoms with van der Waals surface area (Å²) in [4.78, 5) is 13.4. The van der Waals surface area contributed by atoms with Crippen molar-refractivity contribution in [3.8, 4) is 0 Å². The number of nitrogens with one attached hydrogen (secondary N) is 1. The summed E-state index contributed by atoms with van der Waals surface area (Å²) in [7, 11) is 0. The number of amides is 1. The number of halogens is 2. The molecule has 1 saturated heterocycles. The van der Waals surface area contributed by atoms with Crippen molar-refractivity contribution in [3.05, 3.63) is 29.8 Å². The first-order valence-electron chi connectivity index (χ1n) is 6.18. The summed E-state index contributed by atoms with van der Waals surface area (Å²) in [6.07, 6.45) is 2.83. The quantitative estimate of drug-likeness (QED) is 0.890. The first-order chi connectivity index (χ1) is 8.66. The lowest BCUT2D eigenvalue weighted by molar-refractivity contribution is -0.118. The molecule has 2 aliphatic rings. The van der Waals surface area contributed by atoms with Gasteiger partial charge in [0.15, 0.2) is 11.6 Å². The smallest absolute Gasteiger partial charge is 0.244 e. The van der Waals surface area contributed by atoms with Gasteiger partial charge in [0.1, 0.15) is 0 Å². The fraction of sp³-hybridized carbons (Fsp3) is 0.462. The van der Waals surface area contributed by atoms with Crippen molar-refractivity contribution in [1.29, 1.82) is 0 Å². The van der Waals surface area contributed by atoms with Gasteiger partial charge in [0.05, 0.1) is 11.7 Å². The first kappa shape index (κ1) is 11.6. The van der Waals surface area contributed by atoms with E-state index in [1.165, 1.54) is 17.0 Å². The normalized spacial score (nSPS) is 23.8. The Bertz CT molecular complexity index is 488. The van der Waals surface area contributed by atoms with Crippen LogP contribution in [0.2, 0.25) is 0 Å². The van der Waals surface area contributed by atoms with Crippen LogP contribution >= 0.6 is 0 Å². The molecule has 3 rings (SSSR count). The van der Waals surface area contributed by atoms with Crippen LogP contribution < -0.4 is 10.2 Å². The largest absolute Gasteiger partial charge is 0.308 e. The molecule has 1 saturated carbocycles. The van der Waals surface area contributed by atoms with Crippen molar-refractivity contribution in [3.63, 3.8) is 0 Å². The molecule has 2 fully saturated rings. The van der Waals surface area contributed by atoms with Crippen molar-refractivity contribution < 1.29 is 13.6 Å². The Balaban J connectivity index is 1.80. The molecule has 1 amide bonds. The van der Waals surface area contributed by atoms with E-state index in [1.807, 2.05) is 0 Å². The molecule has 5 heteroatoms. The molecule has 0 spiro atoms. The molecule has 3 nitrogen and oxygen atoms in total. The van der Waals surface area contributed by atoms with E-state index in [0.29, 0.717) is 19.0 Å². The van der Waals surface area contributed by atoms with Gasteiger partial charge in [-0.05, 0) is 31.4 Å². The van der Waals surface area contributed by atoms with Crippen LogP contribution in [0.25, 0.3) is 0 Å². The average Bonchev–Trinajstić information content (AvgIpc) is 3.09. The number of anilines is 1. The van der Waals surface area contributed by atoms with Crippen LogP contribution in [0, 0.1) is 11.6 Å². The van der Waals surface area contributed by atoms with Gasteiger partial charge in [0, 0.05) is 12.6 Å². The standard InChI is InChI=1S/C13H14F2N2O/c14-9-2-1-3-11(12(9)15)17-7-6-10(13(17)18)16-8-4-5-8/h1-3,8,10,16H,4-7H2. The number of benzene rings is 1. The fourth-order valence-corrected chi connectivity index (χ4v) is 2.31. The fourth-order valence-electron chi connectivity index (χ4n) is 2.31. The van der Waals surface area contributed by atoms with E-state index in [0.717, 1.165) is 18.9 Å². The van der Waals surface area contributed by atoms with Gasteiger partial charge in [-0.1, -0.05) is 6.07 Å². The first-order valence-corrected chi connectivity index (χ1v) is 6.18. The Labute approximate surface area is 104 Å². The Kier molecular flexibility index (Phi) is 2.78. The minimum atomic E-state index is -0.946. The van der Waals surface area contributed by atoms with E-state index in [9.17, 15) is 13.6 Å². The molecule has 1 heterocycles. The molecule has 18 heavy (non-hydrogen) atoms. The van der Waals surface area contributed by atoms with Crippen LogP contribution in [0.1, 0.15) is 19.3 Å². The summed E-state index contributed by atoms with van der Waals surface area (Å²) < 4.78 is 26.8.